The third kappa shape index (κ3) is 2.81. The van der Waals surface area contributed by atoms with Crippen LogP contribution in [0.5, 0.6) is 0 Å². The molecule has 0 aromatic heterocycles. The highest BCUT2D eigenvalue weighted by Gasteiger charge is 2.20. The molecule has 1 heterocycles. The number of benzene rings is 2. The minimum atomic E-state index is 0.740. The highest BCUT2D eigenvalue weighted by Crippen LogP contribution is 2.28. The molecule has 0 aliphatic carbocycles. The summed E-state index contributed by atoms with van der Waals surface area (Å²) in [6.45, 7) is 3.60. The van der Waals surface area contributed by atoms with Gasteiger partial charge in [0, 0.05) is 26.2 Å². The van der Waals surface area contributed by atoms with E-state index in [4.69, 9.17) is 11.6 Å². The number of anilines is 2. The van der Waals surface area contributed by atoms with Crippen molar-refractivity contribution in [1.82, 2.24) is 0 Å². The maximum absolute atomic E-state index is 9.21. The van der Waals surface area contributed by atoms with E-state index >= 15 is 0 Å². The van der Waals surface area contributed by atoms with Crippen LogP contribution in [0.3, 0.4) is 0 Å². The van der Waals surface area contributed by atoms with Gasteiger partial charge < -0.3 is 9.80 Å². The Morgan fingerprint density at radius 2 is 1.33 bits per heavy atom. The molecular formula is C17H16ClN3. The fraction of sp³-hybridized carbons (Fsp3) is 0.235. The van der Waals surface area contributed by atoms with Crippen molar-refractivity contribution in [2.24, 2.45) is 0 Å². The third-order valence-corrected chi connectivity index (χ3v) is 4.16. The lowest BCUT2D eigenvalue weighted by molar-refractivity contribution is 0.653. The molecule has 2 aromatic rings. The molecule has 0 saturated carbocycles. The Balaban J connectivity index is 1.74. The average molecular weight is 298 g/mol. The number of nitrogens with zero attached hydrogens (tertiary/aromatic N) is 3. The zero-order chi connectivity index (χ0) is 14.7. The zero-order valence-electron chi connectivity index (χ0n) is 11.7. The van der Waals surface area contributed by atoms with Crippen molar-refractivity contribution < 1.29 is 0 Å². The quantitative estimate of drug-likeness (QED) is 0.849. The van der Waals surface area contributed by atoms with E-state index in [0.29, 0.717) is 0 Å². The lowest BCUT2D eigenvalue weighted by atomic mass is 10.1. The van der Waals surface area contributed by atoms with Crippen LogP contribution >= 0.6 is 11.6 Å². The summed E-state index contributed by atoms with van der Waals surface area (Å²) in [5.74, 6) is 0. The molecule has 0 atom stereocenters. The molecule has 0 bridgehead atoms. The Morgan fingerprint density at radius 1 is 0.810 bits per heavy atom. The van der Waals surface area contributed by atoms with Gasteiger partial charge in [-0.3, -0.25) is 0 Å². The summed E-state index contributed by atoms with van der Waals surface area (Å²) in [6.07, 6.45) is 0. The van der Waals surface area contributed by atoms with Crippen LogP contribution in [-0.4, -0.2) is 26.2 Å². The summed E-state index contributed by atoms with van der Waals surface area (Å²) in [5, 5.41) is 10.0. The third-order valence-electron chi connectivity index (χ3n) is 3.84. The number of para-hydroxylation sites is 2. The lowest BCUT2D eigenvalue weighted by Gasteiger charge is -2.38. The Labute approximate surface area is 130 Å². The van der Waals surface area contributed by atoms with Crippen LogP contribution in [0.4, 0.5) is 11.4 Å². The van der Waals surface area contributed by atoms with Gasteiger partial charge in [-0.05, 0) is 24.3 Å². The topological polar surface area (TPSA) is 30.3 Å². The second-order valence-electron chi connectivity index (χ2n) is 5.05. The highest BCUT2D eigenvalue weighted by molar-refractivity contribution is 6.33. The number of nitriles is 1. The number of hydrogen-bond donors (Lipinski definition) is 0. The number of piperazine rings is 1. The minimum absolute atomic E-state index is 0.740. The summed E-state index contributed by atoms with van der Waals surface area (Å²) < 4.78 is 0. The number of hydrogen-bond acceptors (Lipinski definition) is 3. The molecule has 1 fully saturated rings. The Hall–Kier alpha value is -2.18. The highest BCUT2D eigenvalue weighted by atomic mass is 35.5. The fourth-order valence-corrected chi connectivity index (χ4v) is 3.00. The van der Waals surface area contributed by atoms with Crippen LogP contribution in [0, 0.1) is 11.3 Å². The second kappa shape index (κ2) is 6.07. The van der Waals surface area contributed by atoms with Crippen molar-refractivity contribution in [2.75, 3.05) is 36.0 Å². The van der Waals surface area contributed by atoms with E-state index in [-0.39, 0.29) is 0 Å². The van der Waals surface area contributed by atoms with E-state index in [2.05, 4.69) is 21.9 Å². The van der Waals surface area contributed by atoms with Crippen molar-refractivity contribution in [3.8, 4) is 6.07 Å². The van der Waals surface area contributed by atoms with Gasteiger partial charge >= 0.3 is 0 Å². The predicted octanol–water partition coefficient (Wildman–Crippen LogP) is 3.54. The molecule has 1 aliphatic rings. The fourth-order valence-electron chi connectivity index (χ4n) is 2.74. The SMILES string of the molecule is N#Cc1ccccc1N1CCN(c2ccccc2Cl)CC1. The first-order valence-electron chi connectivity index (χ1n) is 7.03. The Morgan fingerprint density at radius 3 is 1.95 bits per heavy atom. The van der Waals surface area contributed by atoms with E-state index < -0.39 is 0 Å². The Kier molecular flexibility index (Phi) is 3.98. The van der Waals surface area contributed by atoms with Gasteiger partial charge in [0.15, 0.2) is 0 Å². The van der Waals surface area contributed by atoms with Crippen molar-refractivity contribution in [1.29, 1.82) is 5.26 Å². The van der Waals surface area contributed by atoms with Crippen molar-refractivity contribution >= 4 is 23.0 Å². The molecule has 21 heavy (non-hydrogen) atoms. The largest absolute Gasteiger partial charge is 0.367 e. The van der Waals surface area contributed by atoms with E-state index in [9.17, 15) is 5.26 Å². The lowest BCUT2D eigenvalue weighted by Crippen LogP contribution is -2.46. The monoisotopic (exact) mass is 297 g/mol. The molecule has 3 rings (SSSR count). The summed E-state index contributed by atoms with van der Waals surface area (Å²) in [6, 6.07) is 18.0. The van der Waals surface area contributed by atoms with Crippen LogP contribution in [0.15, 0.2) is 48.5 Å². The predicted molar refractivity (Wildman–Crippen MR) is 87.0 cm³/mol. The van der Waals surface area contributed by atoms with Gasteiger partial charge in [-0.25, -0.2) is 0 Å². The number of halogens is 1. The molecular weight excluding hydrogens is 282 g/mol. The van der Waals surface area contributed by atoms with Crippen molar-refractivity contribution in [2.45, 2.75) is 0 Å². The van der Waals surface area contributed by atoms with Crippen LogP contribution in [-0.2, 0) is 0 Å². The first-order valence-corrected chi connectivity index (χ1v) is 7.41. The summed E-state index contributed by atoms with van der Waals surface area (Å²) in [5.41, 5.74) is 2.86. The van der Waals surface area contributed by atoms with Crippen molar-refractivity contribution in [3.63, 3.8) is 0 Å². The van der Waals surface area contributed by atoms with Gasteiger partial charge in [-0.2, -0.15) is 5.26 Å². The van der Waals surface area contributed by atoms with Crippen molar-refractivity contribution in [3.05, 3.63) is 59.1 Å². The van der Waals surface area contributed by atoms with Crippen LogP contribution in [0.2, 0.25) is 5.02 Å². The first kappa shape index (κ1) is 13.8. The minimum Gasteiger partial charge on any atom is -0.367 e. The average Bonchev–Trinajstić information content (AvgIpc) is 2.55. The molecule has 4 heteroatoms. The van der Waals surface area contributed by atoms with Gasteiger partial charge in [0.05, 0.1) is 22.0 Å². The molecule has 0 unspecified atom stereocenters. The zero-order valence-corrected chi connectivity index (χ0v) is 12.4. The van der Waals surface area contributed by atoms with Gasteiger partial charge in [0.2, 0.25) is 0 Å². The molecule has 0 amide bonds. The van der Waals surface area contributed by atoms with Gasteiger partial charge in [0.1, 0.15) is 6.07 Å². The smallest absolute Gasteiger partial charge is 0.101 e. The number of rotatable bonds is 2. The summed E-state index contributed by atoms with van der Waals surface area (Å²) >= 11 is 6.26. The molecule has 106 valence electrons. The van der Waals surface area contributed by atoms with Gasteiger partial charge in [-0.1, -0.05) is 35.9 Å². The molecule has 0 spiro atoms. The normalized spacial score (nSPS) is 14.9. The molecule has 0 radical (unpaired) electrons. The maximum atomic E-state index is 9.21. The van der Waals surface area contributed by atoms with E-state index in [0.717, 1.165) is 48.1 Å². The molecule has 3 nitrogen and oxygen atoms in total. The van der Waals surface area contributed by atoms with E-state index in [1.54, 1.807) is 0 Å². The van der Waals surface area contributed by atoms with E-state index in [1.807, 2.05) is 42.5 Å². The summed E-state index contributed by atoms with van der Waals surface area (Å²) in [4.78, 5) is 4.57. The van der Waals surface area contributed by atoms with E-state index in [1.165, 1.54) is 0 Å². The van der Waals surface area contributed by atoms with Gasteiger partial charge in [-0.15, -0.1) is 0 Å². The molecule has 2 aromatic carbocycles. The first-order chi connectivity index (χ1) is 10.3. The Bertz CT molecular complexity index is 670. The van der Waals surface area contributed by atoms with Crippen LogP contribution in [0.25, 0.3) is 0 Å². The summed E-state index contributed by atoms with van der Waals surface area (Å²) in [7, 11) is 0. The standard InChI is InChI=1S/C17H16ClN3/c18-15-6-2-4-8-17(15)21-11-9-20(10-12-21)16-7-3-1-5-14(16)13-19/h1-8H,9-12H2. The maximum Gasteiger partial charge on any atom is 0.101 e. The molecule has 1 saturated heterocycles. The molecule has 0 N–H and O–H groups in total. The second-order valence-corrected chi connectivity index (χ2v) is 5.46. The molecule has 1 aliphatic heterocycles. The van der Waals surface area contributed by atoms with Crippen LogP contribution < -0.4 is 9.80 Å². The van der Waals surface area contributed by atoms with Crippen LogP contribution in [0.1, 0.15) is 5.56 Å². The van der Waals surface area contributed by atoms with Gasteiger partial charge in [0.25, 0.3) is 0 Å².